The van der Waals surface area contributed by atoms with Gasteiger partial charge in [0.2, 0.25) is 0 Å². The summed E-state index contributed by atoms with van der Waals surface area (Å²) in [6.45, 7) is 0. The van der Waals surface area contributed by atoms with Crippen molar-refractivity contribution in [3.05, 3.63) is 91.0 Å². The zero-order valence-corrected chi connectivity index (χ0v) is 15.4. The molecule has 5 aromatic carbocycles. The molecule has 0 aromatic heterocycles. The summed E-state index contributed by atoms with van der Waals surface area (Å²) in [4.78, 5) is 2.33. The highest BCUT2D eigenvalue weighted by molar-refractivity contribution is 6.11. The van der Waals surface area contributed by atoms with E-state index in [4.69, 9.17) is 9.47 Å². The maximum Gasteiger partial charge on any atom is 0.155 e. The second-order valence-corrected chi connectivity index (χ2v) is 7.41. The lowest BCUT2D eigenvalue weighted by Crippen LogP contribution is -2.20. The molecule has 29 heavy (non-hydrogen) atoms. The van der Waals surface area contributed by atoms with Crippen molar-refractivity contribution in [2.24, 2.45) is 0 Å². The standard InChI is InChI=1S/C26H15NO2/c1-3-8-18-16(6-1)12-14-22-24(18)27-25-19-9-4-2-7-17(19)13-15-23(25)29-21-11-5-10-20(28-22)26(21)27/h1-15H. The van der Waals surface area contributed by atoms with Crippen molar-refractivity contribution in [3.63, 3.8) is 0 Å². The summed E-state index contributed by atoms with van der Waals surface area (Å²) in [6, 6.07) is 31.2. The molecule has 0 bridgehead atoms. The van der Waals surface area contributed by atoms with Crippen LogP contribution in [-0.2, 0) is 0 Å². The van der Waals surface area contributed by atoms with Crippen LogP contribution in [0.15, 0.2) is 91.0 Å². The van der Waals surface area contributed by atoms with E-state index in [1.54, 1.807) is 0 Å². The van der Waals surface area contributed by atoms with Crippen LogP contribution < -0.4 is 14.4 Å². The Hall–Kier alpha value is -3.98. The fraction of sp³-hybridized carbons (Fsp3) is 0. The number of para-hydroxylation sites is 1. The normalized spacial score (nSPS) is 13.3. The van der Waals surface area contributed by atoms with Crippen LogP contribution >= 0.6 is 0 Å². The van der Waals surface area contributed by atoms with Crippen LogP contribution in [0.4, 0.5) is 17.1 Å². The first-order valence-electron chi connectivity index (χ1n) is 9.71. The topological polar surface area (TPSA) is 21.7 Å². The van der Waals surface area contributed by atoms with Crippen molar-refractivity contribution in [2.45, 2.75) is 0 Å². The molecule has 5 aromatic rings. The van der Waals surface area contributed by atoms with Gasteiger partial charge >= 0.3 is 0 Å². The third-order valence-electron chi connectivity index (χ3n) is 5.80. The minimum absolute atomic E-state index is 0.809. The third kappa shape index (κ3) is 1.91. The molecule has 0 atom stereocenters. The molecule has 0 fully saturated rings. The Morgan fingerprint density at radius 1 is 0.414 bits per heavy atom. The van der Waals surface area contributed by atoms with E-state index in [-0.39, 0.29) is 0 Å². The van der Waals surface area contributed by atoms with Gasteiger partial charge in [-0.3, -0.25) is 4.90 Å². The quantitative estimate of drug-likeness (QED) is 0.272. The van der Waals surface area contributed by atoms with Crippen molar-refractivity contribution >= 4 is 38.6 Å². The lowest BCUT2D eigenvalue weighted by molar-refractivity contribution is 0.447. The summed E-state index contributed by atoms with van der Waals surface area (Å²) in [5.41, 5.74) is 3.08. The highest BCUT2D eigenvalue weighted by Gasteiger charge is 2.36. The van der Waals surface area contributed by atoms with E-state index in [9.17, 15) is 0 Å². The van der Waals surface area contributed by atoms with Crippen molar-refractivity contribution < 1.29 is 9.47 Å². The van der Waals surface area contributed by atoms with Crippen molar-refractivity contribution in [3.8, 4) is 23.0 Å². The zero-order valence-electron chi connectivity index (χ0n) is 15.4. The highest BCUT2D eigenvalue weighted by atomic mass is 16.5. The van der Waals surface area contributed by atoms with Gasteiger partial charge in [-0.1, -0.05) is 66.7 Å². The molecular formula is C26H15NO2. The largest absolute Gasteiger partial charge is 0.453 e. The fourth-order valence-electron chi connectivity index (χ4n) is 4.56. The molecule has 0 saturated heterocycles. The first-order valence-corrected chi connectivity index (χ1v) is 9.71. The molecule has 136 valence electrons. The minimum atomic E-state index is 0.809. The SMILES string of the molecule is c1cc2c3c(c1)Oc1ccc4ccccc4c1N3c1c(ccc3ccccc13)O2. The Balaban J connectivity index is 1.67. The summed E-state index contributed by atoms with van der Waals surface area (Å²) < 4.78 is 12.7. The van der Waals surface area contributed by atoms with Gasteiger partial charge in [-0.05, 0) is 35.0 Å². The number of benzene rings is 5. The Morgan fingerprint density at radius 3 is 1.45 bits per heavy atom. The summed E-state index contributed by atoms with van der Waals surface area (Å²) in [5, 5.41) is 4.69. The van der Waals surface area contributed by atoms with Crippen LogP contribution in [-0.4, -0.2) is 0 Å². The Kier molecular flexibility index (Phi) is 2.74. The smallest absolute Gasteiger partial charge is 0.155 e. The molecule has 7 rings (SSSR count). The molecule has 0 aliphatic carbocycles. The van der Waals surface area contributed by atoms with Gasteiger partial charge in [-0.15, -0.1) is 0 Å². The van der Waals surface area contributed by atoms with Crippen LogP contribution in [0, 0.1) is 0 Å². The maximum atomic E-state index is 6.34. The van der Waals surface area contributed by atoms with E-state index in [2.05, 4.69) is 77.7 Å². The van der Waals surface area contributed by atoms with Crippen LogP contribution in [0.2, 0.25) is 0 Å². The monoisotopic (exact) mass is 373 g/mol. The number of anilines is 3. The van der Waals surface area contributed by atoms with E-state index >= 15 is 0 Å². The van der Waals surface area contributed by atoms with Gasteiger partial charge in [-0.25, -0.2) is 0 Å². The third-order valence-corrected chi connectivity index (χ3v) is 5.80. The van der Waals surface area contributed by atoms with Crippen LogP contribution in [0.1, 0.15) is 0 Å². The molecular weight excluding hydrogens is 358 g/mol. The Morgan fingerprint density at radius 2 is 0.897 bits per heavy atom. The molecule has 0 N–H and O–H groups in total. The molecule has 2 aliphatic rings. The Labute approximate surface area is 167 Å². The minimum Gasteiger partial charge on any atom is -0.453 e. The first kappa shape index (κ1) is 15.0. The molecule has 3 nitrogen and oxygen atoms in total. The summed E-state index contributed by atoms with van der Waals surface area (Å²) >= 11 is 0. The second-order valence-electron chi connectivity index (χ2n) is 7.41. The molecule has 0 radical (unpaired) electrons. The number of fused-ring (bicyclic) bond motifs is 8. The summed E-state index contributed by atoms with van der Waals surface area (Å²) in [7, 11) is 0. The van der Waals surface area contributed by atoms with E-state index in [0.29, 0.717) is 0 Å². The van der Waals surface area contributed by atoms with Gasteiger partial charge in [0.15, 0.2) is 23.0 Å². The fourth-order valence-corrected chi connectivity index (χ4v) is 4.56. The van der Waals surface area contributed by atoms with Crippen molar-refractivity contribution in [1.82, 2.24) is 0 Å². The van der Waals surface area contributed by atoms with Crippen LogP contribution in [0.3, 0.4) is 0 Å². The number of nitrogens with zero attached hydrogens (tertiary/aromatic N) is 1. The average Bonchev–Trinajstić information content (AvgIpc) is 2.78. The van der Waals surface area contributed by atoms with Gasteiger partial charge in [0.05, 0.1) is 11.4 Å². The number of hydrogen-bond acceptors (Lipinski definition) is 3. The maximum absolute atomic E-state index is 6.34. The van der Waals surface area contributed by atoms with Crippen LogP contribution in [0.25, 0.3) is 21.5 Å². The van der Waals surface area contributed by atoms with Gasteiger partial charge in [0, 0.05) is 10.8 Å². The number of rotatable bonds is 0. The summed E-state index contributed by atoms with van der Waals surface area (Å²) in [6.07, 6.45) is 0. The first-order chi connectivity index (χ1) is 14.4. The number of hydrogen-bond donors (Lipinski definition) is 0. The van der Waals surface area contributed by atoms with Crippen molar-refractivity contribution in [2.75, 3.05) is 4.90 Å². The van der Waals surface area contributed by atoms with Crippen molar-refractivity contribution in [1.29, 1.82) is 0 Å². The molecule has 3 heteroatoms. The van der Waals surface area contributed by atoms with E-state index in [0.717, 1.165) is 50.8 Å². The van der Waals surface area contributed by atoms with E-state index in [1.165, 1.54) is 10.8 Å². The van der Waals surface area contributed by atoms with Gasteiger partial charge in [-0.2, -0.15) is 0 Å². The predicted octanol–water partition coefficient (Wildman–Crippen LogP) is 7.67. The Bertz CT molecular complexity index is 1360. The van der Waals surface area contributed by atoms with Gasteiger partial charge in [0.25, 0.3) is 0 Å². The van der Waals surface area contributed by atoms with E-state index in [1.807, 2.05) is 18.2 Å². The highest BCUT2D eigenvalue weighted by Crippen LogP contribution is 2.62. The van der Waals surface area contributed by atoms with Gasteiger partial charge in [0.1, 0.15) is 5.69 Å². The summed E-state index contributed by atoms with van der Waals surface area (Å²) in [5.74, 6) is 3.33. The predicted molar refractivity (Wildman–Crippen MR) is 116 cm³/mol. The molecule has 0 saturated carbocycles. The molecule has 0 amide bonds. The molecule has 2 heterocycles. The van der Waals surface area contributed by atoms with E-state index < -0.39 is 0 Å². The lowest BCUT2D eigenvalue weighted by Gasteiger charge is -2.39. The zero-order chi connectivity index (χ0) is 18.9. The molecule has 2 aliphatic heterocycles. The number of ether oxygens (including phenoxy) is 2. The lowest BCUT2D eigenvalue weighted by atomic mass is 10.00. The van der Waals surface area contributed by atoms with Gasteiger partial charge < -0.3 is 9.47 Å². The molecule has 0 spiro atoms. The van der Waals surface area contributed by atoms with Crippen LogP contribution in [0.5, 0.6) is 23.0 Å². The second kappa shape index (κ2) is 5.30. The average molecular weight is 373 g/mol. The molecule has 0 unspecified atom stereocenters.